The van der Waals surface area contributed by atoms with Gasteiger partial charge in [0.05, 0.1) is 5.56 Å². The number of aryl methyl sites for hydroxylation is 1. The van der Waals surface area contributed by atoms with Crippen LogP contribution in [0.15, 0.2) is 36.4 Å². The first-order valence-corrected chi connectivity index (χ1v) is 10.3. The highest BCUT2D eigenvalue weighted by atomic mass is 35.5. The van der Waals surface area contributed by atoms with Crippen LogP contribution < -0.4 is 10.6 Å². The minimum Gasteiger partial charge on any atom is -0.358 e. The Balaban J connectivity index is 1.74. The van der Waals surface area contributed by atoms with E-state index in [1.54, 1.807) is 37.3 Å². The maximum absolute atomic E-state index is 12.9. The highest BCUT2D eigenvalue weighted by molar-refractivity contribution is 6.20. The molecule has 0 saturated heterocycles. The number of alkyl halides is 1. The third kappa shape index (κ3) is 6.02. The molecule has 2 aromatic rings. The number of amides is 2. The van der Waals surface area contributed by atoms with Crippen LogP contribution in [0.1, 0.15) is 63.9 Å². The van der Waals surface area contributed by atoms with Gasteiger partial charge in [-0.25, -0.2) is 4.98 Å². The van der Waals surface area contributed by atoms with Crippen molar-refractivity contribution in [2.75, 3.05) is 18.5 Å². The Morgan fingerprint density at radius 3 is 2.76 bits per heavy atom. The molecule has 6 nitrogen and oxygen atoms in total. The summed E-state index contributed by atoms with van der Waals surface area (Å²) in [6.45, 7) is 4.97. The van der Waals surface area contributed by atoms with Gasteiger partial charge in [0.2, 0.25) is 0 Å². The quantitative estimate of drug-likeness (QED) is 0.593. The van der Waals surface area contributed by atoms with Crippen molar-refractivity contribution >= 4 is 29.1 Å². The van der Waals surface area contributed by atoms with Gasteiger partial charge in [-0.2, -0.15) is 0 Å². The zero-order valence-corrected chi connectivity index (χ0v) is 17.5. The number of rotatable bonds is 9. The number of carbonyl (C=O) groups is 2. The molecule has 0 radical (unpaired) electrons. The Morgan fingerprint density at radius 2 is 2.03 bits per heavy atom. The van der Waals surface area contributed by atoms with Crippen molar-refractivity contribution in [3.63, 3.8) is 0 Å². The van der Waals surface area contributed by atoms with Gasteiger partial charge in [0, 0.05) is 24.5 Å². The molecule has 1 aliphatic carbocycles. The van der Waals surface area contributed by atoms with E-state index in [0.717, 1.165) is 24.8 Å². The van der Waals surface area contributed by atoms with Gasteiger partial charge in [0.15, 0.2) is 5.56 Å². The molecule has 1 saturated carbocycles. The lowest BCUT2D eigenvalue weighted by atomic mass is 10.1. The molecule has 2 N–H and O–H groups in total. The van der Waals surface area contributed by atoms with E-state index in [2.05, 4.69) is 15.6 Å². The second kappa shape index (κ2) is 9.85. The number of nitrogens with zero attached hydrogens (tertiary/aromatic N) is 1. The van der Waals surface area contributed by atoms with E-state index >= 15 is 0 Å². The van der Waals surface area contributed by atoms with Crippen LogP contribution in [0.25, 0.3) is 0 Å². The molecule has 154 valence electrons. The summed E-state index contributed by atoms with van der Waals surface area (Å²) in [5.74, 6) is -0.178. The van der Waals surface area contributed by atoms with Gasteiger partial charge in [-0.05, 0) is 61.9 Å². The number of aromatic nitrogens is 1. The molecule has 1 heterocycles. The molecule has 0 bridgehead atoms. The summed E-state index contributed by atoms with van der Waals surface area (Å²) < 4.78 is 5.53. The van der Waals surface area contributed by atoms with Gasteiger partial charge in [-0.3, -0.25) is 9.59 Å². The summed E-state index contributed by atoms with van der Waals surface area (Å²) in [4.78, 5) is 29.7. The van der Waals surface area contributed by atoms with E-state index in [1.807, 2.05) is 13.0 Å². The lowest BCUT2D eigenvalue weighted by molar-refractivity contribution is 0.0933. The van der Waals surface area contributed by atoms with Gasteiger partial charge in [0.1, 0.15) is 5.69 Å². The first-order chi connectivity index (χ1) is 14.0. The number of hydrogen-bond acceptors (Lipinski definition) is 4. The van der Waals surface area contributed by atoms with Crippen LogP contribution in [0.2, 0.25) is 0 Å². The van der Waals surface area contributed by atoms with Crippen molar-refractivity contribution in [3.8, 4) is 0 Å². The number of benzene rings is 1. The molecule has 1 atom stereocenters. The molecule has 7 heteroatoms. The molecule has 1 fully saturated rings. The van der Waals surface area contributed by atoms with Gasteiger partial charge >= 0.3 is 0 Å². The van der Waals surface area contributed by atoms with E-state index in [0.29, 0.717) is 30.5 Å². The Hall–Kier alpha value is -2.44. The molecule has 1 aromatic heterocycles. The summed E-state index contributed by atoms with van der Waals surface area (Å²) in [6, 6.07) is 10.5. The fourth-order valence-electron chi connectivity index (χ4n) is 2.83. The number of halogens is 1. The fraction of sp³-hybridized carbons (Fsp3) is 0.409. The Labute approximate surface area is 176 Å². The van der Waals surface area contributed by atoms with Crippen molar-refractivity contribution in [3.05, 3.63) is 58.9 Å². The van der Waals surface area contributed by atoms with Gasteiger partial charge in [-0.1, -0.05) is 30.7 Å². The van der Waals surface area contributed by atoms with Gasteiger partial charge in [0.25, 0.3) is 11.8 Å². The smallest absolute Gasteiger partial charge is 0.270 e. The fourth-order valence-corrected chi connectivity index (χ4v) is 3.05. The van der Waals surface area contributed by atoms with Crippen LogP contribution in [0, 0.1) is 12.8 Å². The number of pyridine rings is 1. The first kappa shape index (κ1) is 21.3. The highest BCUT2D eigenvalue weighted by Gasteiger charge is 2.24. The molecule has 2 amide bonds. The maximum Gasteiger partial charge on any atom is 0.270 e. The topological polar surface area (TPSA) is 80.3 Å². The average Bonchev–Trinajstić information content (AvgIpc) is 3.54. The molecular weight excluding hydrogens is 390 g/mol. The van der Waals surface area contributed by atoms with Crippen LogP contribution >= 0.6 is 11.6 Å². The number of nitrogens with one attached hydrogen (secondary N) is 2. The van der Waals surface area contributed by atoms with Crippen molar-refractivity contribution < 1.29 is 14.3 Å². The second-order valence-electron chi connectivity index (χ2n) is 7.27. The standard InChI is InChI=1S/C22H26ClN3O3/c1-3-11-29-20(23)16-5-4-6-17(12-16)26-21(27)18-10-7-14(2)25-19(18)22(28)24-13-15-8-9-15/h4-7,10,12,15,20H,3,8-9,11,13H2,1-2H3,(H,24,28)(H,26,27). The zero-order valence-electron chi connectivity index (χ0n) is 16.7. The Kier molecular flexibility index (Phi) is 7.23. The molecule has 1 aliphatic rings. The predicted octanol–water partition coefficient (Wildman–Crippen LogP) is 4.45. The van der Waals surface area contributed by atoms with E-state index in [9.17, 15) is 9.59 Å². The lowest BCUT2D eigenvalue weighted by Gasteiger charge is -2.14. The van der Waals surface area contributed by atoms with Crippen LogP contribution in [0.3, 0.4) is 0 Å². The molecule has 0 aliphatic heterocycles. The van der Waals surface area contributed by atoms with Crippen LogP contribution in [0.4, 0.5) is 5.69 Å². The molecular formula is C22H26ClN3O3. The van der Waals surface area contributed by atoms with Crippen molar-refractivity contribution in [1.82, 2.24) is 10.3 Å². The average molecular weight is 416 g/mol. The van der Waals surface area contributed by atoms with Crippen LogP contribution in [-0.4, -0.2) is 29.9 Å². The number of ether oxygens (including phenoxy) is 1. The van der Waals surface area contributed by atoms with E-state index < -0.39 is 11.5 Å². The van der Waals surface area contributed by atoms with Crippen molar-refractivity contribution in [2.24, 2.45) is 5.92 Å². The SMILES string of the molecule is CCCOC(Cl)c1cccc(NC(=O)c2ccc(C)nc2C(=O)NCC2CC2)c1. The van der Waals surface area contributed by atoms with Gasteiger partial charge in [-0.15, -0.1) is 0 Å². The summed E-state index contributed by atoms with van der Waals surface area (Å²) >= 11 is 6.26. The second-order valence-corrected chi connectivity index (χ2v) is 7.67. The zero-order chi connectivity index (χ0) is 20.8. The van der Waals surface area contributed by atoms with Gasteiger partial charge < -0.3 is 15.4 Å². The summed E-state index contributed by atoms with van der Waals surface area (Å²) in [5, 5.41) is 5.70. The lowest BCUT2D eigenvalue weighted by Crippen LogP contribution is -2.29. The van der Waals surface area contributed by atoms with Crippen LogP contribution in [-0.2, 0) is 4.74 Å². The molecule has 29 heavy (non-hydrogen) atoms. The maximum atomic E-state index is 12.9. The van der Waals surface area contributed by atoms with Crippen molar-refractivity contribution in [2.45, 2.75) is 38.7 Å². The normalized spacial score (nSPS) is 14.3. The molecule has 0 spiro atoms. The third-order valence-electron chi connectivity index (χ3n) is 4.62. The number of hydrogen-bond donors (Lipinski definition) is 2. The molecule has 3 rings (SSSR count). The summed E-state index contributed by atoms with van der Waals surface area (Å²) in [5.41, 5.74) is 1.79. The molecule has 1 unspecified atom stereocenters. The number of anilines is 1. The predicted molar refractivity (Wildman–Crippen MR) is 113 cm³/mol. The molecule has 1 aromatic carbocycles. The van der Waals surface area contributed by atoms with E-state index in [1.165, 1.54) is 0 Å². The summed E-state index contributed by atoms with van der Waals surface area (Å²) in [7, 11) is 0. The Bertz CT molecular complexity index is 883. The third-order valence-corrected chi connectivity index (χ3v) is 5.00. The Morgan fingerprint density at radius 1 is 1.24 bits per heavy atom. The minimum absolute atomic E-state index is 0.140. The number of carbonyl (C=O) groups excluding carboxylic acids is 2. The summed E-state index contributed by atoms with van der Waals surface area (Å²) in [6.07, 6.45) is 3.13. The first-order valence-electron chi connectivity index (χ1n) is 9.90. The van der Waals surface area contributed by atoms with Crippen LogP contribution in [0.5, 0.6) is 0 Å². The monoisotopic (exact) mass is 415 g/mol. The largest absolute Gasteiger partial charge is 0.358 e. The minimum atomic E-state index is -0.586. The van der Waals surface area contributed by atoms with E-state index in [4.69, 9.17) is 16.3 Å². The highest BCUT2D eigenvalue weighted by Crippen LogP contribution is 2.28. The van der Waals surface area contributed by atoms with E-state index in [-0.39, 0.29) is 17.2 Å². The van der Waals surface area contributed by atoms with Crippen molar-refractivity contribution in [1.29, 1.82) is 0 Å².